The van der Waals surface area contributed by atoms with E-state index < -0.39 is 27.9 Å². The molecule has 2 amide bonds. The maximum absolute atomic E-state index is 12.9. The SMILES string of the molecule is CCc1cccc(NC(=O)[C@@H]2CCC(=O)N2S(=O)(=O)c2ccc(C)cc2)c1. The highest BCUT2D eigenvalue weighted by atomic mass is 32.2. The Morgan fingerprint density at radius 1 is 1.19 bits per heavy atom. The second-order valence-electron chi connectivity index (χ2n) is 6.61. The standard InChI is InChI=1S/C20H22N2O4S/c1-3-15-5-4-6-16(13-15)21-20(24)18-11-12-19(23)22(18)27(25,26)17-9-7-14(2)8-10-17/h4-10,13,18H,3,11-12H2,1-2H3,(H,21,24)/t18-/m0/s1. The molecule has 1 aliphatic heterocycles. The van der Waals surface area contributed by atoms with Crippen molar-refractivity contribution in [3.8, 4) is 0 Å². The van der Waals surface area contributed by atoms with Crippen molar-refractivity contribution in [3.63, 3.8) is 0 Å². The lowest BCUT2D eigenvalue weighted by Crippen LogP contribution is -2.45. The summed E-state index contributed by atoms with van der Waals surface area (Å²) >= 11 is 0. The number of amides is 2. The first kappa shape index (κ1) is 19.1. The van der Waals surface area contributed by atoms with E-state index in [1.807, 2.05) is 32.0 Å². The van der Waals surface area contributed by atoms with E-state index in [2.05, 4.69) is 5.32 Å². The van der Waals surface area contributed by atoms with Crippen LogP contribution in [0, 0.1) is 6.92 Å². The van der Waals surface area contributed by atoms with Crippen LogP contribution in [0.3, 0.4) is 0 Å². The predicted molar refractivity (Wildman–Crippen MR) is 103 cm³/mol. The summed E-state index contributed by atoms with van der Waals surface area (Å²) < 4.78 is 26.6. The summed E-state index contributed by atoms with van der Waals surface area (Å²) in [6.07, 6.45) is 1.01. The second-order valence-corrected chi connectivity index (χ2v) is 8.42. The molecule has 0 radical (unpaired) electrons. The normalized spacial score (nSPS) is 17.2. The second kappa shape index (κ2) is 7.52. The van der Waals surface area contributed by atoms with Crippen molar-refractivity contribution in [3.05, 3.63) is 59.7 Å². The van der Waals surface area contributed by atoms with E-state index in [9.17, 15) is 18.0 Å². The van der Waals surface area contributed by atoms with Crippen LogP contribution in [0.4, 0.5) is 5.69 Å². The highest BCUT2D eigenvalue weighted by molar-refractivity contribution is 7.89. The number of hydrogen-bond donors (Lipinski definition) is 1. The van der Waals surface area contributed by atoms with Gasteiger partial charge in [-0.15, -0.1) is 0 Å². The maximum Gasteiger partial charge on any atom is 0.267 e. The maximum atomic E-state index is 12.9. The quantitative estimate of drug-likeness (QED) is 0.856. The van der Waals surface area contributed by atoms with Crippen LogP contribution < -0.4 is 5.32 Å². The summed E-state index contributed by atoms with van der Waals surface area (Å²) in [6, 6.07) is 12.6. The van der Waals surface area contributed by atoms with Gasteiger partial charge >= 0.3 is 0 Å². The molecular weight excluding hydrogens is 364 g/mol. The summed E-state index contributed by atoms with van der Waals surface area (Å²) in [4.78, 5) is 25.0. The number of nitrogens with one attached hydrogen (secondary N) is 1. The molecule has 1 heterocycles. The molecule has 1 atom stereocenters. The highest BCUT2D eigenvalue weighted by Crippen LogP contribution is 2.28. The van der Waals surface area contributed by atoms with Crippen molar-refractivity contribution in [2.24, 2.45) is 0 Å². The molecule has 2 aromatic rings. The minimum Gasteiger partial charge on any atom is -0.324 e. The minimum atomic E-state index is -4.08. The summed E-state index contributed by atoms with van der Waals surface area (Å²) in [5.41, 5.74) is 2.55. The van der Waals surface area contributed by atoms with E-state index >= 15 is 0 Å². The lowest BCUT2D eigenvalue weighted by Gasteiger charge is -2.24. The van der Waals surface area contributed by atoms with E-state index in [1.54, 1.807) is 18.2 Å². The minimum absolute atomic E-state index is 0.00845. The van der Waals surface area contributed by atoms with Gasteiger partial charge in [0.1, 0.15) is 6.04 Å². The number of carbonyl (C=O) groups excluding carboxylic acids is 2. The number of carbonyl (C=O) groups is 2. The third-order valence-corrected chi connectivity index (χ3v) is 6.49. The van der Waals surface area contributed by atoms with Crippen LogP contribution in [0.25, 0.3) is 0 Å². The van der Waals surface area contributed by atoms with Crippen molar-refractivity contribution < 1.29 is 18.0 Å². The molecule has 142 valence electrons. The summed E-state index contributed by atoms with van der Waals surface area (Å²) in [7, 11) is -4.08. The molecule has 0 unspecified atom stereocenters. The van der Waals surface area contributed by atoms with Crippen LogP contribution in [-0.4, -0.2) is 30.6 Å². The molecule has 0 spiro atoms. The van der Waals surface area contributed by atoms with Gasteiger partial charge in [-0.1, -0.05) is 36.8 Å². The van der Waals surface area contributed by atoms with Crippen molar-refractivity contribution in [2.45, 2.75) is 44.0 Å². The van der Waals surface area contributed by atoms with Gasteiger partial charge in [0.2, 0.25) is 11.8 Å². The molecule has 6 nitrogen and oxygen atoms in total. The molecule has 3 rings (SSSR count). The molecule has 1 aliphatic rings. The van der Waals surface area contributed by atoms with Gasteiger partial charge in [0.15, 0.2) is 0 Å². The molecule has 0 bridgehead atoms. The van der Waals surface area contributed by atoms with Crippen LogP contribution >= 0.6 is 0 Å². The van der Waals surface area contributed by atoms with Gasteiger partial charge in [-0.25, -0.2) is 12.7 Å². The summed E-state index contributed by atoms with van der Waals surface area (Å²) in [5, 5.41) is 2.74. The topological polar surface area (TPSA) is 83.6 Å². The first-order valence-corrected chi connectivity index (χ1v) is 10.3. The molecule has 0 saturated carbocycles. The Labute approximate surface area is 159 Å². The average molecular weight is 386 g/mol. The van der Waals surface area contributed by atoms with Gasteiger partial charge in [-0.2, -0.15) is 0 Å². The van der Waals surface area contributed by atoms with Gasteiger partial charge in [0, 0.05) is 12.1 Å². The van der Waals surface area contributed by atoms with Gasteiger partial charge in [0.05, 0.1) is 4.90 Å². The van der Waals surface area contributed by atoms with E-state index in [0.29, 0.717) is 5.69 Å². The van der Waals surface area contributed by atoms with Crippen molar-refractivity contribution >= 4 is 27.5 Å². The Hall–Kier alpha value is -2.67. The van der Waals surface area contributed by atoms with Gasteiger partial charge in [-0.3, -0.25) is 9.59 Å². The van der Waals surface area contributed by atoms with Crippen LogP contribution in [0.5, 0.6) is 0 Å². The monoisotopic (exact) mass is 386 g/mol. The lowest BCUT2D eigenvalue weighted by atomic mass is 10.1. The molecule has 1 N–H and O–H groups in total. The molecule has 27 heavy (non-hydrogen) atoms. The van der Waals surface area contributed by atoms with Crippen LogP contribution in [0.15, 0.2) is 53.4 Å². The number of anilines is 1. The van der Waals surface area contributed by atoms with Crippen molar-refractivity contribution in [1.82, 2.24) is 4.31 Å². The summed E-state index contributed by atoms with van der Waals surface area (Å²) in [6.45, 7) is 3.85. The number of aryl methyl sites for hydroxylation is 2. The van der Waals surface area contributed by atoms with Gasteiger partial charge in [0.25, 0.3) is 10.0 Å². The Morgan fingerprint density at radius 3 is 2.56 bits per heavy atom. The molecule has 0 aliphatic carbocycles. The Bertz CT molecular complexity index is 968. The Balaban J connectivity index is 1.87. The van der Waals surface area contributed by atoms with Crippen molar-refractivity contribution in [1.29, 1.82) is 0 Å². The summed E-state index contributed by atoms with van der Waals surface area (Å²) in [5.74, 6) is -1.05. The van der Waals surface area contributed by atoms with Crippen LogP contribution in [0.2, 0.25) is 0 Å². The first-order valence-electron chi connectivity index (χ1n) is 8.86. The van der Waals surface area contributed by atoms with E-state index in [0.717, 1.165) is 21.9 Å². The Morgan fingerprint density at radius 2 is 1.89 bits per heavy atom. The van der Waals surface area contributed by atoms with Crippen LogP contribution in [-0.2, 0) is 26.0 Å². The van der Waals surface area contributed by atoms with Gasteiger partial charge < -0.3 is 5.32 Å². The van der Waals surface area contributed by atoms with E-state index in [4.69, 9.17) is 0 Å². The largest absolute Gasteiger partial charge is 0.324 e. The molecule has 1 saturated heterocycles. The first-order chi connectivity index (χ1) is 12.8. The van der Waals surface area contributed by atoms with Crippen molar-refractivity contribution in [2.75, 3.05) is 5.32 Å². The lowest BCUT2D eigenvalue weighted by molar-refractivity contribution is -0.128. The molecule has 1 fully saturated rings. The fraction of sp³-hybridized carbons (Fsp3) is 0.300. The average Bonchev–Trinajstić information content (AvgIpc) is 3.05. The third-order valence-electron chi connectivity index (χ3n) is 4.64. The fourth-order valence-corrected chi connectivity index (χ4v) is 4.72. The number of benzene rings is 2. The number of sulfonamides is 1. The molecule has 0 aromatic heterocycles. The number of hydrogen-bond acceptors (Lipinski definition) is 4. The van der Waals surface area contributed by atoms with E-state index in [1.165, 1.54) is 12.1 Å². The molecule has 7 heteroatoms. The predicted octanol–water partition coefficient (Wildman–Crippen LogP) is 2.88. The molecular formula is C20H22N2O4S. The fourth-order valence-electron chi connectivity index (χ4n) is 3.12. The highest BCUT2D eigenvalue weighted by Gasteiger charge is 2.44. The zero-order valence-electron chi connectivity index (χ0n) is 15.3. The van der Waals surface area contributed by atoms with Crippen LogP contribution in [0.1, 0.15) is 30.9 Å². The Kier molecular flexibility index (Phi) is 5.32. The molecule has 2 aromatic carbocycles. The zero-order chi connectivity index (χ0) is 19.6. The third kappa shape index (κ3) is 3.88. The zero-order valence-corrected chi connectivity index (χ0v) is 16.1. The number of nitrogens with zero attached hydrogens (tertiary/aromatic N) is 1. The van der Waals surface area contributed by atoms with Gasteiger partial charge in [-0.05, 0) is 49.6 Å². The number of rotatable bonds is 5. The smallest absolute Gasteiger partial charge is 0.267 e. The van der Waals surface area contributed by atoms with E-state index in [-0.39, 0.29) is 17.7 Å².